The number of hydrogen-bond acceptors (Lipinski definition) is 4. The summed E-state index contributed by atoms with van der Waals surface area (Å²) in [6.07, 6.45) is -0.321. The predicted octanol–water partition coefficient (Wildman–Crippen LogP) is 4.72. The van der Waals surface area contributed by atoms with E-state index in [1.54, 1.807) is 38.1 Å². The molecule has 146 valence electrons. The third-order valence-corrected chi connectivity index (χ3v) is 6.21. The summed E-state index contributed by atoms with van der Waals surface area (Å²) in [5, 5.41) is 0. The molecule has 0 spiro atoms. The summed E-state index contributed by atoms with van der Waals surface area (Å²) in [4.78, 5) is 12.3. The summed E-state index contributed by atoms with van der Waals surface area (Å²) in [5.74, 6) is -0.278. The summed E-state index contributed by atoms with van der Waals surface area (Å²) in [6, 6.07) is 13.5. The minimum absolute atomic E-state index is 0.107. The Hall–Kier alpha value is -1.86. The van der Waals surface area contributed by atoms with Crippen LogP contribution in [0.2, 0.25) is 0 Å². The van der Waals surface area contributed by atoms with Crippen LogP contribution in [0.4, 0.5) is 5.69 Å². The van der Waals surface area contributed by atoms with Crippen molar-refractivity contribution in [2.45, 2.75) is 44.6 Å². The third-order valence-electron chi connectivity index (χ3n) is 3.89. The SMILES string of the molecule is CC(C)OC(=O)CN(c1ccc(C(C)C)cc1)S(=O)(=O)c1ccc(Br)cc1. The molecular formula is C20H24BrNO4S. The topological polar surface area (TPSA) is 63.7 Å². The van der Waals surface area contributed by atoms with Crippen molar-refractivity contribution in [3.8, 4) is 0 Å². The fraction of sp³-hybridized carbons (Fsp3) is 0.350. The monoisotopic (exact) mass is 453 g/mol. The Morgan fingerprint density at radius 3 is 2.04 bits per heavy atom. The maximum Gasteiger partial charge on any atom is 0.327 e. The molecule has 0 N–H and O–H groups in total. The molecule has 2 aromatic carbocycles. The Balaban J connectivity index is 2.45. The van der Waals surface area contributed by atoms with Gasteiger partial charge in [0.2, 0.25) is 0 Å². The lowest BCUT2D eigenvalue weighted by Gasteiger charge is -2.24. The number of rotatable bonds is 7. The van der Waals surface area contributed by atoms with Crippen LogP contribution in [0.15, 0.2) is 57.9 Å². The maximum absolute atomic E-state index is 13.2. The Kier molecular flexibility index (Phi) is 7.06. The van der Waals surface area contributed by atoms with Gasteiger partial charge in [0, 0.05) is 4.47 Å². The molecule has 27 heavy (non-hydrogen) atoms. The molecule has 5 nitrogen and oxygen atoms in total. The molecule has 0 aliphatic heterocycles. The van der Waals surface area contributed by atoms with Gasteiger partial charge >= 0.3 is 5.97 Å². The Bertz CT molecular complexity index is 875. The molecule has 0 bridgehead atoms. The van der Waals surface area contributed by atoms with Crippen LogP contribution in [0.25, 0.3) is 0 Å². The summed E-state index contributed by atoms with van der Waals surface area (Å²) < 4.78 is 33.4. The van der Waals surface area contributed by atoms with Crippen molar-refractivity contribution >= 4 is 37.6 Å². The van der Waals surface area contributed by atoms with Crippen LogP contribution >= 0.6 is 15.9 Å². The largest absolute Gasteiger partial charge is 0.462 e. The van der Waals surface area contributed by atoms with Gasteiger partial charge in [0.25, 0.3) is 10.0 Å². The molecule has 7 heteroatoms. The van der Waals surface area contributed by atoms with Crippen LogP contribution in [0.5, 0.6) is 0 Å². The van der Waals surface area contributed by atoms with Crippen molar-refractivity contribution in [1.29, 1.82) is 0 Å². The van der Waals surface area contributed by atoms with Crippen molar-refractivity contribution in [1.82, 2.24) is 0 Å². The molecule has 2 rings (SSSR count). The zero-order chi connectivity index (χ0) is 20.2. The van der Waals surface area contributed by atoms with Gasteiger partial charge in [-0.1, -0.05) is 41.9 Å². The quantitative estimate of drug-likeness (QED) is 0.568. The molecule has 0 saturated carbocycles. The fourth-order valence-electron chi connectivity index (χ4n) is 2.49. The smallest absolute Gasteiger partial charge is 0.327 e. The first kappa shape index (κ1) is 21.4. The van der Waals surface area contributed by atoms with E-state index in [9.17, 15) is 13.2 Å². The molecule has 0 saturated heterocycles. The number of ether oxygens (including phenoxy) is 1. The molecule has 0 aromatic heterocycles. The molecule has 0 aliphatic rings. The van der Waals surface area contributed by atoms with Crippen LogP contribution in [-0.4, -0.2) is 27.0 Å². The highest BCUT2D eigenvalue weighted by Crippen LogP contribution is 2.26. The second-order valence-electron chi connectivity index (χ2n) is 6.75. The van der Waals surface area contributed by atoms with Gasteiger partial charge in [-0.3, -0.25) is 9.10 Å². The second-order valence-corrected chi connectivity index (χ2v) is 9.53. The van der Waals surface area contributed by atoms with Gasteiger partial charge in [0.05, 0.1) is 16.7 Å². The van der Waals surface area contributed by atoms with Crippen LogP contribution < -0.4 is 4.31 Å². The van der Waals surface area contributed by atoms with Crippen molar-refractivity contribution in [2.75, 3.05) is 10.8 Å². The lowest BCUT2D eigenvalue weighted by atomic mass is 10.0. The average Bonchev–Trinajstić information content (AvgIpc) is 2.59. The van der Waals surface area contributed by atoms with E-state index < -0.39 is 22.5 Å². The molecule has 0 amide bonds. The van der Waals surface area contributed by atoms with Gasteiger partial charge in [-0.2, -0.15) is 0 Å². The van der Waals surface area contributed by atoms with E-state index in [2.05, 4.69) is 29.8 Å². The van der Waals surface area contributed by atoms with E-state index in [1.807, 2.05) is 12.1 Å². The predicted molar refractivity (Wildman–Crippen MR) is 110 cm³/mol. The van der Waals surface area contributed by atoms with Crippen molar-refractivity contribution < 1.29 is 17.9 Å². The molecule has 0 fully saturated rings. The van der Waals surface area contributed by atoms with Crippen LogP contribution in [-0.2, 0) is 19.6 Å². The van der Waals surface area contributed by atoms with Gasteiger partial charge in [-0.05, 0) is 61.7 Å². The summed E-state index contributed by atoms with van der Waals surface area (Å²) in [6.45, 7) is 7.18. The summed E-state index contributed by atoms with van der Waals surface area (Å²) in [7, 11) is -3.92. The number of carbonyl (C=O) groups excluding carboxylic acids is 1. The fourth-order valence-corrected chi connectivity index (χ4v) is 4.17. The van der Waals surface area contributed by atoms with E-state index in [-0.39, 0.29) is 11.0 Å². The van der Waals surface area contributed by atoms with Crippen LogP contribution in [0.1, 0.15) is 39.2 Å². The number of halogens is 1. The number of carbonyl (C=O) groups is 1. The number of anilines is 1. The lowest BCUT2D eigenvalue weighted by molar-refractivity contribution is -0.145. The first-order chi connectivity index (χ1) is 12.6. The zero-order valence-corrected chi connectivity index (χ0v) is 18.2. The third kappa shape index (κ3) is 5.56. The molecule has 0 heterocycles. The van der Waals surface area contributed by atoms with Crippen LogP contribution in [0, 0.1) is 0 Å². The zero-order valence-electron chi connectivity index (χ0n) is 15.8. The highest BCUT2D eigenvalue weighted by molar-refractivity contribution is 9.10. The summed E-state index contributed by atoms with van der Waals surface area (Å²) in [5.41, 5.74) is 1.51. The molecular weight excluding hydrogens is 430 g/mol. The normalized spacial score (nSPS) is 11.7. The van der Waals surface area contributed by atoms with Crippen molar-refractivity contribution in [2.24, 2.45) is 0 Å². The van der Waals surface area contributed by atoms with Crippen LogP contribution in [0.3, 0.4) is 0 Å². The first-order valence-corrected chi connectivity index (χ1v) is 10.9. The van der Waals surface area contributed by atoms with E-state index in [0.29, 0.717) is 11.6 Å². The molecule has 0 unspecified atom stereocenters. The minimum Gasteiger partial charge on any atom is -0.462 e. The first-order valence-electron chi connectivity index (χ1n) is 8.69. The number of benzene rings is 2. The van der Waals surface area contributed by atoms with Gasteiger partial charge < -0.3 is 4.74 Å². The highest BCUT2D eigenvalue weighted by atomic mass is 79.9. The molecule has 0 atom stereocenters. The van der Waals surface area contributed by atoms with Gasteiger partial charge in [0.15, 0.2) is 0 Å². The highest BCUT2D eigenvalue weighted by Gasteiger charge is 2.28. The van der Waals surface area contributed by atoms with E-state index in [1.165, 1.54) is 12.1 Å². The van der Waals surface area contributed by atoms with Gasteiger partial charge in [0.1, 0.15) is 6.54 Å². The Morgan fingerprint density at radius 2 is 1.56 bits per heavy atom. The van der Waals surface area contributed by atoms with Crippen molar-refractivity contribution in [3.05, 3.63) is 58.6 Å². The molecule has 0 radical (unpaired) electrons. The maximum atomic E-state index is 13.2. The standard InChI is InChI=1S/C20H24BrNO4S/c1-14(2)16-5-9-18(10-6-16)22(13-20(23)26-15(3)4)27(24,25)19-11-7-17(21)8-12-19/h5-12,14-15H,13H2,1-4H3. The van der Waals surface area contributed by atoms with Gasteiger partial charge in [-0.25, -0.2) is 8.42 Å². The van der Waals surface area contributed by atoms with Crippen molar-refractivity contribution in [3.63, 3.8) is 0 Å². The van der Waals surface area contributed by atoms with E-state index >= 15 is 0 Å². The Labute approximate surface area is 169 Å². The van der Waals surface area contributed by atoms with E-state index in [0.717, 1.165) is 14.3 Å². The van der Waals surface area contributed by atoms with Gasteiger partial charge in [-0.15, -0.1) is 0 Å². The second kappa shape index (κ2) is 8.89. The van der Waals surface area contributed by atoms with E-state index in [4.69, 9.17) is 4.74 Å². The molecule has 2 aromatic rings. The number of hydrogen-bond donors (Lipinski definition) is 0. The number of esters is 1. The Morgan fingerprint density at radius 1 is 1.00 bits per heavy atom. The summed E-state index contributed by atoms with van der Waals surface area (Å²) >= 11 is 3.30. The average molecular weight is 454 g/mol. The lowest BCUT2D eigenvalue weighted by Crippen LogP contribution is -2.37. The number of sulfonamides is 1. The molecule has 0 aliphatic carbocycles. The number of nitrogens with zero attached hydrogens (tertiary/aromatic N) is 1. The minimum atomic E-state index is -3.92.